The van der Waals surface area contributed by atoms with Crippen molar-refractivity contribution in [1.29, 1.82) is 0 Å². The molecule has 1 aliphatic heterocycles. The van der Waals surface area contributed by atoms with Crippen molar-refractivity contribution in [3.05, 3.63) is 95.1 Å². The van der Waals surface area contributed by atoms with Gasteiger partial charge in [-0.25, -0.2) is 8.42 Å². The molecule has 1 aliphatic rings. The van der Waals surface area contributed by atoms with Crippen molar-refractivity contribution in [2.75, 3.05) is 11.0 Å². The van der Waals surface area contributed by atoms with Crippen LogP contribution in [0, 0.1) is 0 Å². The first-order valence-electron chi connectivity index (χ1n) is 8.60. The summed E-state index contributed by atoms with van der Waals surface area (Å²) in [6.07, 6.45) is 3.22. The number of hydrogen-bond donors (Lipinski definition) is 1. The largest absolute Gasteiger partial charge is 0.488 e. The Labute approximate surface area is 159 Å². The second-order valence-corrected chi connectivity index (χ2v) is 8.25. The van der Waals surface area contributed by atoms with E-state index in [2.05, 4.69) is 22.9 Å². The summed E-state index contributed by atoms with van der Waals surface area (Å²) >= 11 is 0. The Morgan fingerprint density at radius 1 is 0.926 bits per heavy atom. The SMILES string of the molecule is CS(=O)(=O)Nc1cccc(/C=C2/c3ccccc3COc3ccccc32)c1. The fourth-order valence-electron chi connectivity index (χ4n) is 3.25. The number of anilines is 1. The maximum Gasteiger partial charge on any atom is 0.229 e. The van der Waals surface area contributed by atoms with Gasteiger partial charge in [0.15, 0.2) is 0 Å². The van der Waals surface area contributed by atoms with Gasteiger partial charge in [-0.1, -0.05) is 54.6 Å². The summed E-state index contributed by atoms with van der Waals surface area (Å²) < 4.78 is 31.6. The summed E-state index contributed by atoms with van der Waals surface area (Å²) in [4.78, 5) is 0. The van der Waals surface area contributed by atoms with Crippen molar-refractivity contribution in [1.82, 2.24) is 0 Å². The van der Waals surface area contributed by atoms with E-state index in [-0.39, 0.29) is 0 Å². The predicted molar refractivity (Wildman–Crippen MR) is 109 cm³/mol. The molecule has 0 saturated heterocycles. The van der Waals surface area contributed by atoms with Crippen molar-refractivity contribution >= 4 is 27.4 Å². The third kappa shape index (κ3) is 3.88. The maximum absolute atomic E-state index is 11.5. The minimum absolute atomic E-state index is 0.514. The van der Waals surface area contributed by atoms with Crippen molar-refractivity contribution in [3.8, 4) is 5.75 Å². The van der Waals surface area contributed by atoms with E-state index in [0.717, 1.165) is 39.8 Å². The smallest absolute Gasteiger partial charge is 0.229 e. The van der Waals surface area contributed by atoms with E-state index >= 15 is 0 Å². The molecule has 3 aromatic carbocycles. The number of ether oxygens (including phenoxy) is 1. The maximum atomic E-state index is 11.5. The van der Waals surface area contributed by atoms with Crippen LogP contribution in [0.4, 0.5) is 5.69 Å². The molecule has 27 heavy (non-hydrogen) atoms. The van der Waals surface area contributed by atoms with E-state index < -0.39 is 10.0 Å². The second kappa shape index (κ2) is 6.93. The Hall–Kier alpha value is -3.05. The average molecular weight is 377 g/mol. The lowest BCUT2D eigenvalue weighted by atomic mass is 9.92. The number of hydrogen-bond acceptors (Lipinski definition) is 3. The Bertz CT molecular complexity index is 1080. The lowest BCUT2D eigenvalue weighted by Crippen LogP contribution is -2.09. The van der Waals surface area contributed by atoms with E-state index in [1.165, 1.54) is 0 Å². The highest BCUT2D eigenvalue weighted by Gasteiger charge is 2.18. The first-order valence-corrected chi connectivity index (χ1v) is 10.5. The molecule has 0 bridgehead atoms. The van der Waals surface area contributed by atoms with Crippen LogP contribution in [0.25, 0.3) is 11.6 Å². The zero-order chi connectivity index (χ0) is 18.9. The van der Waals surface area contributed by atoms with Gasteiger partial charge in [0.1, 0.15) is 12.4 Å². The number of benzene rings is 3. The highest BCUT2D eigenvalue weighted by Crippen LogP contribution is 2.37. The third-order valence-corrected chi connectivity index (χ3v) is 4.98. The summed E-state index contributed by atoms with van der Waals surface area (Å²) in [5.41, 5.74) is 5.75. The van der Waals surface area contributed by atoms with Gasteiger partial charge >= 0.3 is 0 Å². The predicted octanol–water partition coefficient (Wildman–Crippen LogP) is 4.54. The van der Waals surface area contributed by atoms with E-state index in [9.17, 15) is 8.42 Å². The quantitative estimate of drug-likeness (QED) is 0.729. The minimum atomic E-state index is -3.32. The molecule has 0 amide bonds. The summed E-state index contributed by atoms with van der Waals surface area (Å²) in [5, 5.41) is 0. The van der Waals surface area contributed by atoms with Crippen molar-refractivity contribution in [3.63, 3.8) is 0 Å². The summed E-state index contributed by atoms with van der Waals surface area (Å²) in [6, 6.07) is 23.5. The van der Waals surface area contributed by atoms with E-state index in [1.54, 1.807) is 6.07 Å². The molecule has 4 nitrogen and oxygen atoms in total. The first-order chi connectivity index (χ1) is 13.0. The zero-order valence-electron chi connectivity index (χ0n) is 14.8. The lowest BCUT2D eigenvalue weighted by molar-refractivity contribution is 0.307. The number of sulfonamides is 1. The third-order valence-electron chi connectivity index (χ3n) is 4.37. The van der Waals surface area contributed by atoms with Crippen molar-refractivity contribution < 1.29 is 13.2 Å². The van der Waals surface area contributed by atoms with Crippen molar-refractivity contribution in [2.45, 2.75) is 6.61 Å². The van der Waals surface area contributed by atoms with Crippen LogP contribution in [-0.2, 0) is 16.6 Å². The molecule has 4 rings (SSSR count). The summed E-state index contributed by atoms with van der Waals surface area (Å²) in [5.74, 6) is 0.838. The number of para-hydroxylation sites is 1. The van der Waals surface area contributed by atoms with Gasteiger partial charge in [-0.05, 0) is 46.5 Å². The standard InChI is InChI=1S/C22H19NO3S/c1-27(24,25)23-18-9-6-7-16(13-18)14-21-19-10-3-2-8-17(19)15-26-22-12-5-4-11-20(21)22/h2-14,23H,15H2,1H3/b21-14-. The van der Waals surface area contributed by atoms with E-state index in [1.807, 2.05) is 54.6 Å². The highest BCUT2D eigenvalue weighted by atomic mass is 32.2. The molecule has 0 aliphatic carbocycles. The van der Waals surface area contributed by atoms with Crippen LogP contribution in [0.15, 0.2) is 72.8 Å². The molecule has 3 aromatic rings. The first kappa shape index (κ1) is 17.4. The summed E-state index contributed by atoms with van der Waals surface area (Å²) in [7, 11) is -3.32. The van der Waals surface area contributed by atoms with Crippen LogP contribution in [-0.4, -0.2) is 14.7 Å². The molecule has 0 spiro atoms. The molecule has 0 fully saturated rings. The van der Waals surface area contributed by atoms with Gasteiger partial charge in [-0.3, -0.25) is 4.72 Å². The number of fused-ring (bicyclic) bond motifs is 2. The average Bonchev–Trinajstić information content (AvgIpc) is 2.79. The summed E-state index contributed by atoms with van der Waals surface area (Å²) in [6.45, 7) is 0.514. The molecule has 0 atom stereocenters. The van der Waals surface area contributed by atoms with Crippen LogP contribution >= 0.6 is 0 Å². The minimum Gasteiger partial charge on any atom is -0.488 e. The molecule has 1 N–H and O–H groups in total. The highest BCUT2D eigenvalue weighted by molar-refractivity contribution is 7.92. The van der Waals surface area contributed by atoms with Gasteiger partial charge < -0.3 is 4.74 Å². The van der Waals surface area contributed by atoms with Gasteiger partial charge in [0.05, 0.1) is 6.26 Å². The van der Waals surface area contributed by atoms with Crippen molar-refractivity contribution in [2.24, 2.45) is 0 Å². The normalized spacial score (nSPS) is 14.6. The second-order valence-electron chi connectivity index (χ2n) is 6.50. The van der Waals surface area contributed by atoms with Crippen LogP contribution in [0.3, 0.4) is 0 Å². The lowest BCUT2D eigenvalue weighted by Gasteiger charge is -2.11. The Balaban J connectivity index is 1.87. The Kier molecular flexibility index (Phi) is 4.46. The van der Waals surface area contributed by atoms with Gasteiger partial charge in [0.25, 0.3) is 0 Å². The molecule has 136 valence electrons. The number of nitrogens with one attached hydrogen (secondary N) is 1. The zero-order valence-corrected chi connectivity index (χ0v) is 15.7. The molecular formula is C22H19NO3S. The van der Waals surface area contributed by atoms with Crippen LogP contribution in [0.2, 0.25) is 0 Å². The molecule has 0 saturated carbocycles. The molecule has 0 unspecified atom stereocenters. The van der Waals surface area contributed by atoms with Crippen LogP contribution in [0.1, 0.15) is 22.3 Å². The topological polar surface area (TPSA) is 55.4 Å². The Morgan fingerprint density at radius 2 is 1.67 bits per heavy atom. The van der Waals surface area contributed by atoms with E-state index in [4.69, 9.17) is 4.74 Å². The monoisotopic (exact) mass is 377 g/mol. The number of rotatable bonds is 3. The van der Waals surface area contributed by atoms with Gasteiger partial charge in [-0.2, -0.15) is 0 Å². The molecule has 0 aromatic heterocycles. The van der Waals surface area contributed by atoms with E-state index in [0.29, 0.717) is 12.3 Å². The van der Waals surface area contributed by atoms with Gasteiger partial charge in [-0.15, -0.1) is 0 Å². The van der Waals surface area contributed by atoms with Gasteiger partial charge in [0.2, 0.25) is 10.0 Å². The fraction of sp³-hybridized carbons (Fsp3) is 0.0909. The van der Waals surface area contributed by atoms with Crippen LogP contribution < -0.4 is 9.46 Å². The molecule has 5 heteroatoms. The molecular weight excluding hydrogens is 358 g/mol. The molecule has 1 heterocycles. The van der Waals surface area contributed by atoms with Crippen LogP contribution in [0.5, 0.6) is 5.75 Å². The fourth-order valence-corrected chi connectivity index (χ4v) is 3.81. The molecule has 0 radical (unpaired) electrons. The van der Waals surface area contributed by atoms with Gasteiger partial charge in [0, 0.05) is 11.3 Å². The Morgan fingerprint density at radius 3 is 2.48 bits per heavy atom.